The number of benzene rings is 1. The molecule has 0 unspecified atom stereocenters. The van der Waals surface area contributed by atoms with E-state index in [0.29, 0.717) is 0 Å². The molecule has 20 heavy (non-hydrogen) atoms. The van der Waals surface area contributed by atoms with Gasteiger partial charge in [-0.3, -0.25) is 4.79 Å². The van der Waals surface area contributed by atoms with Crippen LogP contribution in [0.25, 0.3) is 0 Å². The molecule has 0 saturated carbocycles. The minimum Gasteiger partial charge on any atom is -0.492 e. The Morgan fingerprint density at radius 2 is 1.80 bits per heavy atom. The first-order valence-electron chi connectivity index (χ1n) is 6.62. The molecule has 0 saturated heterocycles. The van der Waals surface area contributed by atoms with Gasteiger partial charge in [-0.2, -0.15) is 0 Å². The summed E-state index contributed by atoms with van der Waals surface area (Å²) < 4.78 is 6.86. The Hall–Kier alpha value is -1.03. The number of carboxylic acids is 1. The predicted octanol–water partition coefficient (Wildman–Crippen LogP) is 4.54. The van der Waals surface area contributed by atoms with Crippen LogP contribution in [0.1, 0.15) is 45.7 Å². The van der Waals surface area contributed by atoms with Crippen LogP contribution in [0.3, 0.4) is 0 Å². The number of halogens is 1. The molecular formula is C16H23BrO3. The zero-order valence-corrected chi connectivity index (χ0v) is 14.6. The van der Waals surface area contributed by atoms with Gasteiger partial charge in [0.25, 0.3) is 0 Å². The van der Waals surface area contributed by atoms with Gasteiger partial charge in [-0.1, -0.05) is 36.7 Å². The summed E-state index contributed by atoms with van der Waals surface area (Å²) in [6.45, 7) is 11.8. The number of carboxylic acid groups (broad SMARTS) is 1. The van der Waals surface area contributed by atoms with Gasteiger partial charge in [-0.05, 0) is 43.9 Å². The summed E-state index contributed by atoms with van der Waals surface area (Å²) in [5, 5.41) is 9.16. The van der Waals surface area contributed by atoms with Crippen molar-refractivity contribution in [3.8, 4) is 5.75 Å². The predicted molar refractivity (Wildman–Crippen MR) is 84.5 cm³/mol. The van der Waals surface area contributed by atoms with E-state index in [0.717, 1.165) is 21.3 Å². The second kappa shape index (κ2) is 5.76. The maximum Gasteiger partial charge on any atom is 0.312 e. The maximum atomic E-state index is 11.2. The molecule has 0 aliphatic carbocycles. The van der Waals surface area contributed by atoms with E-state index >= 15 is 0 Å². The Kier molecular flexibility index (Phi) is 4.90. The van der Waals surface area contributed by atoms with Crippen molar-refractivity contribution in [1.29, 1.82) is 0 Å². The molecule has 0 amide bonds. The van der Waals surface area contributed by atoms with Crippen LogP contribution in [0.2, 0.25) is 0 Å². The van der Waals surface area contributed by atoms with E-state index in [1.807, 2.05) is 13.0 Å². The van der Waals surface area contributed by atoms with Crippen molar-refractivity contribution in [1.82, 2.24) is 0 Å². The van der Waals surface area contributed by atoms with Gasteiger partial charge in [-0.15, -0.1) is 0 Å². The van der Waals surface area contributed by atoms with Crippen LogP contribution < -0.4 is 4.74 Å². The molecule has 0 aliphatic heterocycles. The van der Waals surface area contributed by atoms with Gasteiger partial charge < -0.3 is 9.84 Å². The number of ether oxygens (including phenoxy) is 1. The van der Waals surface area contributed by atoms with Crippen LogP contribution in [0.5, 0.6) is 5.75 Å². The van der Waals surface area contributed by atoms with Crippen LogP contribution in [-0.4, -0.2) is 17.7 Å². The third-order valence-electron chi connectivity index (χ3n) is 3.24. The molecule has 1 aromatic carbocycles. The summed E-state index contributed by atoms with van der Waals surface area (Å²) in [5.74, 6) is -0.101. The van der Waals surface area contributed by atoms with Crippen molar-refractivity contribution in [3.05, 3.63) is 27.7 Å². The molecule has 0 aromatic heterocycles. The molecule has 1 N–H and O–H groups in total. The van der Waals surface area contributed by atoms with E-state index in [2.05, 4.69) is 42.8 Å². The van der Waals surface area contributed by atoms with Crippen molar-refractivity contribution in [3.63, 3.8) is 0 Å². The molecule has 0 atom stereocenters. The lowest BCUT2D eigenvalue weighted by Crippen LogP contribution is -2.31. The van der Waals surface area contributed by atoms with E-state index in [-0.39, 0.29) is 12.0 Å². The summed E-state index contributed by atoms with van der Waals surface area (Å²) in [4.78, 5) is 11.2. The normalized spacial score (nSPS) is 12.3. The quantitative estimate of drug-likeness (QED) is 0.873. The lowest BCUT2D eigenvalue weighted by molar-refractivity contribution is -0.148. The highest BCUT2D eigenvalue weighted by Gasteiger charge is 2.29. The second-order valence-electron chi connectivity index (χ2n) is 6.83. The van der Waals surface area contributed by atoms with E-state index in [9.17, 15) is 4.79 Å². The summed E-state index contributed by atoms with van der Waals surface area (Å²) in [7, 11) is 0. The number of aliphatic carboxylic acids is 1. The standard InChI is InChI=1S/C16H23BrO3/c1-10-7-13(20-9-16(5,6)14(18)19)11(8-12(10)17)15(2,3)4/h7-8H,9H2,1-6H3,(H,18,19). The fraction of sp³-hybridized carbons (Fsp3) is 0.562. The molecule has 0 aliphatic rings. The number of rotatable bonds is 4. The van der Waals surface area contributed by atoms with Crippen LogP contribution in [0, 0.1) is 12.3 Å². The maximum absolute atomic E-state index is 11.2. The van der Waals surface area contributed by atoms with E-state index in [1.165, 1.54) is 0 Å². The SMILES string of the molecule is Cc1cc(OCC(C)(C)C(=O)O)c(C(C)(C)C)cc1Br. The van der Waals surface area contributed by atoms with Crippen molar-refractivity contribution in [2.45, 2.75) is 47.0 Å². The number of carbonyl (C=O) groups is 1. The molecule has 4 heteroatoms. The highest BCUT2D eigenvalue weighted by molar-refractivity contribution is 9.10. The molecule has 0 bridgehead atoms. The zero-order chi connectivity index (χ0) is 15.7. The van der Waals surface area contributed by atoms with Crippen molar-refractivity contribution in [2.75, 3.05) is 6.61 Å². The zero-order valence-electron chi connectivity index (χ0n) is 13.0. The summed E-state index contributed by atoms with van der Waals surface area (Å²) in [5.41, 5.74) is 1.16. The highest BCUT2D eigenvalue weighted by atomic mass is 79.9. The first-order chi connectivity index (χ1) is 8.95. The Morgan fingerprint density at radius 3 is 2.25 bits per heavy atom. The van der Waals surface area contributed by atoms with Gasteiger partial charge in [0.2, 0.25) is 0 Å². The highest BCUT2D eigenvalue weighted by Crippen LogP contribution is 2.36. The molecular weight excluding hydrogens is 320 g/mol. The van der Waals surface area contributed by atoms with Crippen molar-refractivity contribution in [2.24, 2.45) is 5.41 Å². The molecule has 0 fully saturated rings. The smallest absolute Gasteiger partial charge is 0.312 e. The van der Waals surface area contributed by atoms with Crippen molar-refractivity contribution >= 4 is 21.9 Å². The van der Waals surface area contributed by atoms with Crippen molar-refractivity contribution < 1.29 is 14.6 Å². The molecule has 0 radical (unpaired) electrons. The molecule has 1 rings (SSSR count). The van der Waals surface area contributed by atoms with Crippen LogP contribution in [0.15, 0.2) is 16.6 Å². The van der Waals surface area contributed by atoms with Crippen LogP contribution >= 0.6 is 15.9 Å². The van der Waals surface area contributed by atoms with Gasteiger partial charge in [0.15, 0.2) is 0 Å². The average Bonchev–Trinajstić information content (AvgIpc) is 2.28. The fourth-order valence-corrected chi connectivity index (χ4v) is 2.02. The van der Waals surface area contributed by atoms with E-state index in [4.69, 9.17) is 9.84 Å². The van der Waals surface area contributed by atoms with E-state index < -0.39 is 11.4 Å². The van der Waals surface area contributed by atoms with Crippen LogP contribution in [0.4, 0.5) is 0 Å². The fourth-order valence-electron chi connectivity index (χ4n) is 1.68. The molecule has 0 heterocycles. The Morgan fingerprint density at radius 1 is 1.25 bits per heavy atom. The number of hydrogen-bond donors (Lipinski definition) is 1. The molecule has 112 valence electrons. The monoisotopic (exact) mass is 342 g/mol. The third-order valence-corrected chi connectivity index (χ3v) is 4.09. The molecule has 3 nitrogen and oxygen atoms in total. The number of aryl methyl sites for hydroxylation is 1. The lowest BCUT2D eigenvalue weighted by atomic mass is 9.85. The largest absolute Gasteiger partial charge is 0.492 e. The summed E-state index contributed by atoms with van der Waals surface area (Å²) in [6, 6.07) is 4.01. The first-order valence-corrected chi connectivity index (χ1v) is 7.41. The Balaban J connectivity index is 3.12. The second-order valence-corrected chi connectivity index (χ2v) is 7.68. The topological polar surface area (TPSA) is 46.5 Å². The Labute approximate surface area is 129 Å². The molecule has 0 spiro atoms. The van der Waals surface area contributed by atoms with E-state index in [1.54, 1.807) is 13.8 Å². The van der Waals surface area contributed by atoms with Gasteiger partial charge in [0.1, 0.15) is 12.4 Å². The van der Waals surface area contributed by atoms with Gasteiger partial charge in [0, 0.05) is 10.0 Å². The minimum atomic E-state index is -0.907. The summed E-state index contributed by atoms with van der Waals surface area (Å²) >= 11 is 3.54. The van der Waals surface area contributed by atoms with Gasteiger partial charge in [-0.25, -0.2) is 0 Å². The first kappa shape index (κ1) is 17.0. The van der Waals surface area contributed by atoms with Gasteiger partial charge >= 0.3 is 5.97 Å². The summed E-state index contributed by atoms with van der Waals surface area (Å²) in [6.07, 6.45) is 0. The third kappa shape index (κ3) is 3.98. The average molecular weight is 343 g/mol. The Bertz CT molecular complexity index is 513. The van der Waals surface area contributed by atoms with Gasteiger partial charge in [0.05, 0.1) is 5.41 Å². The van der Waals surface area contributed by atoms with Crippen LogP contribution in [-0.2, 0) is 10.2 Å². The minimum absolute atomic E-state index is 0.0705. The lowest BCUT2D eigenvalue weighted by Gasteiger charge is -2.26. The molecule has 1 aromatic rings. The number of hydrogen-bond acceptors (Lipinski definition) is 2.